The van der Waals surface area contributed by atoms with Crippen LogP contribution in [0.3, 0.4) is 0 Å². The molecule has 0 atom stereocenters. The molecule has 0 aliphatic heterocycles. The van der Waals surface area contributed by atoms with Gasteiger partial charge in [0, 0.05) is 72.2 Å². The van der Waals surface area contributed by atoms with E-state index in [2.05, 4.69) is 67.1 Å². The maximum Gasteiger partial charge on any atom is 0.164 e. The Morgan fingerprint density at radius 3 is 2.13 bits per heavy atom. The molecule has 0 aliphatic rings. The summed E-state index contributed by atoms with van der Waals surface area (Å²) in [6.45, 7) is 18.8. The van der Waals surface area contributed by atoms with E-state index >= 15 is 0 Å². The second kappa shape index (κ2) is 15.5. The van der Waals surface area contributed by atoms with Crippen molar-refractivity contribution in [3.8, 4) is 22.6 Å². The molecular formula is C41H49IrN2O3-. The SMILES string of the molecule is CC(C)(C)c1cc(-c2nccc3cc(-c4cccnc4)oc23)[c-]c2ccccc12.CCC(C)(CC)C(=O)/C=C(\O)C(C)(CC)CC.[Ir]. The van der Waals surface area contributed by atoms with Crippen LogP contribution >= 0.6 is 0 Å². The molecule has 251 valence electrons. The van der Waals surface area contributed by atoms with Crippen molar-refractivity contribution in [3.05, 3.63) is 96.7 Å². The summed E-state index contributed by atoms with van der Waals surface area (Å²) in [5.74, 6) is 1.08. The van der Waals surface area contributed by atoms with E-state index < -0.39 is 0 Å². The second-order valence-electron chi connectivity index (χ2n) is 13.8. The minimum atomic E-state index is -0.337. The third-order valence-corrected chi connectivity index (χ3v) is 9.82. The third-order valence-electron chi connectivity index (χ3n) is 9.82. The number of benzene rings is 2. The minimum absolute atomic E-state index is 0. The van der Waals surface area contributed by atoms with Gasteiger partial charge in [0.15, 0.2) is 5.78 Å². The molecule has 0 saturated heterocycles. The van der Waals surface area contributed by atoms with Crippen molar-refractivity contribution in [1.82, 2.24) is 9.97 Å². The zero-order valence-electron chi connectivity index (χ0n) is 29.3. The Morgan fingerprint density at radius 2 is 1.53 bits per heavy atom. The molecule has 47 heavy (non-hydrogen) atoms. The van der Waals surface area contributed by atoms with Crippen molar-refractivity contribution in [3.63, 3.8) is 0 Å². The number of furan rings is 1. The van der Waals surface area contributed by atoms with Crippen molar-refractivity contribution in [2.45, 2.75) is 93.4 Å². The van der Waals surface area contributed by atoms with Gasteiger partial charge in [-0.1, -0.05) is 91.5 Å². The number of aliphatic hydroxyl groups is 1. The molecule has 3 heterocycles. The summed E-state index contributed by atoms with van der Waals surface area (Å²) in [6, 6.07) is 22.1. The number of carbonyl (C=O) groups is 1. The Hall–Kier alpha value is -3.60. The second-order valence-corrected chi connectivity index (χ2v) is 13.8. The van der Waals surface area contributed by atoms with Crippen LogP contribution in [-0.4, -0.2) is 20.9 Å². The van der Waals surface area contributed by atoms with E-state index in [1.165, 1.54) is 17.0 Å². The van der Waals surface area contributed by atoms with Crippen LogP contribution in [0.4, 0.5) is 0 Å². The molecular weight excluding hydrogens is 761 g/mol. The van der Waals surface area contributed by atoms with E-state index in [0.29, 0.717) is 0 Å². The van der Waals surface area contributed by atoms with E-state index in [0.717, 1.165) is 64.6 Å². The number of rotatable bonds is 9. The summed E-state index contributed by atoms with van der Waals surface area (Å²) < 4.78 is 6.25. The Balaban J connectivity index is 0.000000290. The van der Waals surface area contributed by atoms with Gasteiger partial charge in [-0.3, -0.25) is 14.8 Å². The molecule has 0 unspecified atom stereocenters. The molecule has 0 amide bonds. The zero-order chi connectivity index (χ0) is 33.7. The number of allylic oxidation sites excluding steroid dienone is 2. The minimum Gasteiger partial charge on any atom is -0.512 e. The summed E-state index contributed by atoms with van der Waals surface area (Å²) in [5, 5.41) is 13.5. The van der Waals surface area contributed by atoms with Gasteiger partial charge in [-0.15, -0.1) is 29.1 Å². The van der Waals surface area contributed by atoms with Gasteiger partial charge in [-0.05, 0) is 55.4 Å². The van der Waals surface area contributed by atoms with Gasteiger partial charge in [-0.2, -0.15) is 0 Å². The fourth-order valence-electron chi connectivity index (χ4n) is 5.47. The number of nitrogens with zero attached hydrogens (tertiary/aromatic N) is 2. The summed E-state index contributed by atoms with van der Waals surface area (Å²) in [4.78, 5) is 21.1. The van der Waals surface area contributed by atoms with Crippen molar-refractivity contribution in [2.75, 3.05) is 0 Å². The van der Waals surface area contributed by atoms with Crippen LogP contribution in [-0.2, 0) is 30.3 Å². The van der Waals surface area contributed by atoms with Crippen LogP contribution in [0.15, 0.2) is 89.4 Å². The Morgan fingerprint density at radius 1 is 0.872 bits per heavy atom. The predicted octanol–water partition coefficient (Wildman–Crippen LogP) is 11.5. The van der Waals surface area contributed by atoms with Gasteiger partial charge >= 0.3 is 0 Å². The van der Waals surface area contributed by atoms with Crippen molar-refractivity contribution in [2.24, 2.45) is 10.8 Å². The molecule has 5 rings (SSSR count). The van der Waals surface area contributed by atoms with Crippen LogP contribution in [0.2, 0.25) is 0 Å². The molecule has 0 bridgehead atoms. The maximum atomic E-state index is 12.2. The van der Waals surface area contributed by atoms with Gasteiger partial charge in [0.05, 0.1) is 0 Å². The first-order chi connectivity index (χ1) is 21.8. The van der Waals surface area contributed by atoms with E-state index in [1.54, 1.807) is 6.20 Å². The summed E-state index contributed by atoms with van der Waals surface area (Å²) in [7, 11) is 0. The average molecular weight is 810 g/mol. The Kier molecular flexibility index (Phi) is 12.5. The van der Waals surface area contributed by atoms with Crippen LogP contribution in [0, 0.1) is 16.9 Å². The quantitative estimate of drug-likeness (QED) is 0.0912. The van der Waals surface area contributed by atoms with Gasteiger partial charge in [0.2, 0.25) is 0 Å². The molecule has 0 saturated carbocycles. The molecule has 3 aromatic heterocycles. The number of aliphatic hydroxyl groups excluding tert-OH is 1. The number of pyridine rings is 2. The van der Waals surface area contributed by atoms with Gasteiger partial charge in [-0.25, -0.2) is 0 Å². The monoisotopic (exact) mass is 810 g/mol. The average Bonchev–Trinajstić information content (AvgIpc) is 3.52. The van der Waals surface area contributed by atoms with E-state index in [9.17, 15) is 9.90 Å². The third kappa shape index (κ3) is 8.28. The van der Waals surface area contributed by atoms with E-state index in [-0.39, 0.29) is 47.9 Å². The standard InChI is InChI=1S/C26H21N2O.C15H28O2.Ir/c1-26(2,3)22-14-20(13-17-7-4-5-9-21(17)22)24-25-18(10-12-28-24)15-23(29-25)19-8-6-11-27-16-19;1-7-14(5,8-2)12(16)11-13(17)15(6,9-3)10-4;/h4-12,14-16H,1-3H3;11,16H,7-10H2,1-6H3;/q-1;;/b;12-11-;. The van der Waals surface area contributed by atoms with Gasteiger partial charge < -0.3 is 9.52 Å². The number of carbonyl (C=O) groups excluding carboxylic acids is 1. The fraction of sp³-hybridized carbons (Fsp3) is 0.390. The Bertz CT molecular complexity index is 1820. The summed E-state index contributed by atoms with van der Waals surface area (Å²) in [6.07, 6.45) is 10.2. The summed E-state index contributed by atoms with van der Waals surface area (Å²) >= 11 is 0. The first-order valence-electron chi connectivity index (χ1n) is 16.5. The fourth-order valence-corrected chi connectivity index (χ4v) is 5.47. The van der Waals surface area contributed by atoms with Gasteiger partial charge in [0.25, 0.3) is 0 Å². The topological polar surface area (TPSA) is 76.2 Å². The molecule has 0 spiro atoms. The molecule has 2 aromatic carbocycles. The number of aromatic nitrogens is 2. The number of ketones is 1. The zero-order valence-corrected chi connectivity index (χ0v) is 31.7. The van der Waals surface area contributed by atoms with Crippen LogP contribution < -0.4 is 0 Å². The predicted molar refractivity (Wildman–Crippen MR) is 191 cm³/mol. The molecule has 6 heteroatoms. The van der Waals surface area contributed by atoms with Crippen LogP contribution in [0.1, 0.15) is 93.6 Å². The number of hydrogen-bond acceptors (Lipinski definition) is 5. The van der Waals surface area contributed by atoms with Crippen molar-refractivity contribution >= 4 is 27.5 Å². The number of fused-ring (bicyclic) bond motifs is 2. The molecule has 5 aromatic rings. The normalized spacial score (nSPS) is 12.4. The number of hydrogen-bond donors (Lipinski definition) is 1. The van der Waals surface area contributed by atoms with Crippen molar-refractivity contribution < 1.29 is 34.4 Å². The van der Waals surface area contributed by atoms with E-state index in [4.69, 9.17) is 4.42 Å². The van der Waals surface area contributed by atoms with Crippen LogP contribution in [0.5, 0.6) is 0 Å². The van der Waals surface area contributed by atoms with Crippen LogP contribution in [0.25, 0.3) is 44.3 Å². The molecule has 0 fully saturated rings. The summed E-state index contributed by atoms with van der Waals surface area (Å²) in [5.41, 5.74) is 4.17. The van der Waals surface area contributed by atoms with E-state index in [1.807, 2.05) is 78.2 Å². The first-order valence-corrected chi connectivity index (χ1v) is 16.5. The molecule has 5 nitrogen and oxygen atoms in total. The maximum absolute atomic E-state index is 12.2. The Labute approximate surface area is 294 Å². The first kappa shape index (κ1) is 37.9. The molecule has 1 N–H and O–H groups in total. The largest absolute Gasteiger partial charge is 0.512 e. The molecule has 0 aliphatic carbocycles. The van der Waals surface area contributed by atoms with Crippen molar-refractivity contribution in [1.29, 1.82) is 0 Å². The smallest absolute Gasteiger partial charge is 0.164 e. The molecule has 1 radical (unpaired) electrons. The van der Waals surface area contributed by atoms with Gasteiger partial charge in [0.1, 0.15) is 17.1 Å².